The van der Waals surface area contributed by atoms with Gasteiger partial charge in [0.15, 0.2) is 0 Å². The molecule has 146 valence electrons. The van der Waals surface area contributed by atoms with Crippen molar-refractivity contribution < 1.29 is 9.59 Å². The number of para-hydroxylation sites is 1. The maximum absolute atomic E-state index is 13.1. The topological polar surface area (TPSA) is 43.9 Å². The van der Waals surface area contributed by atoms with Gasteiger partial charge in [0.2, 0.25) is 0 Å². The van der Waals surface area contributed by atoms with Crippen LogP contribution in [0.3, 0.4) is 0 Å². The molecule has 1 unspecified atom stereocenters. The van der Waals surface area contributed by atoms with E-state index in [2.05, 4.69) is 24.8 Å². The lowest BCUT2D eigenvalue weighted by Gasteiger charge is -2.34. The van der Waals surface area contributed by atoms with Crippen molar-refractivity contribution in [1.82, 2.24) is 9.80 Å². The first-order valence-corrected chi connectivity index (χ1v) is 10.1. The van der Waals surface area contributed by atoms with Crippen molar-refractivity contribution in [3.05, 3.63) is 65.2 Å². The quantitative estimate of drug-likeness (QED) is 0.826. The molecule has 0 aliphatic carbocycles. The van der Waals surface area contributed by atoms with Gasteiger partial charge < -0.3 is 14.7 Å². The van der Waals surface area contributed by atoms with Crippen LogP contribution in [0.1, 0.15) is 40.1 Å². The first-order chi connectivity index (χ1) is 13.6. The molecule has 5 nitrogen and oxygen atoms in total. The third-order valence-corrected chi connectivity index (χ3v) is 5.91. The number of rotatable bonds is 3. The minimum atomic E-state index is -0.00647. The molecule has 2 heterocycles. The average Bonchev–Trinajstić information content (AvgIpc) is 3.08. The third-order valence-electron chi connectivity index (χ3n) is 5.91. The summed E-state index contributed by atoms with van der Waals surface area (Å²) in [4.78, 5) is 32.0. The second-order valence-electron chi connectivity index (χ2n) is 7.66. The number of carbonyl (C=O) groups is 2. The monoisotopic (exact) mass is 377 g/mol. The van der Waals surface area contributed by atoms with Crippen LogP contribution in [-0.2, 0) is 6.42 Å². The van der Waals surface area contributed by atoms with Crippen molar-refractivity contribution in [2.24, 2.45) is 0 Å². The van der Waals surface area contributed by atoms with Gasteiger partial charge in [0.1, 0.15) is 0 Å². The molecule has 1 atom stereocenters. The molecule has 2 aliphatic heterocycles. The van der Waals surface area contributed by atoms with Gasteiger partial charge in [-0.1, -0.05) is 25.1 Å². The molecule has 4 rings (SSSR count). The lowest BCUT2D eigenvalue weighted by Crippen LogP contribution is -2.48. The van der Waals surface area contributed by atoms with Crippen molar-refractivity contribution in [1.29, 1.82) is 0 Å². The molecule has 28 heavy (non-hydrogen) atoms. The van der Waals surface area contributed by atoms with Crippen LogP contribution in [0, 0.1) is 0 Å². The van der Waals surface area contributed by atoms with Gasteiger partial charge in [-0.3, -0.25) is 9.59 Å². The molecule has 0 radical (unpaired) electrons. The maximum Gasteiger partial charge on any atom is 0.258 e. The summed E-state index contributed by atoms with van der Waals surface area (Å²) in [6, 6.07) is 15.3. The van der Waals surface area contributed by atoms with Gasteiger partial charge in [0, 0.05) is 49.0 Å². The Labute approximate surface area is 166 Å². The maximum atomic E-state index is 13.1. The zero-order chi connectivity index (χ0) is 19.7. The Balaban J connectivity index is 1.48. The number of piperazine rings is 1. The summed E-state index contributed by atoms with van der Waals surface area (Å²) in [6.07, 6.45) is 0.877. The average molecular weight is 377 g/mol. The number of anilines is 1. The minimum absolute atomic E-state index is 0.00647. The fraction of sp³-hybridized carbons (Fsp3) is 0.391. The van der Waals surface area contributed by atoms with E-state index in [1.165, 1.54) is 5.56 Å². The Morgan fingerprint density at radius 3 is 2.14 bits per heavy atom. The smallest absolute Gasteiger partial charge is 0.258 e. The van der Waals surface area contributed by atoms with Crippen molar-refractivity contribution in [2.75, 3.05) is 37.6 Å². The largest absolute Gasteiger partial charge is 0.336 e. The van der Waals surface area contributed by atoms with Crippen LogP contribution in [0.15, 0.2) is 48.5 Å². The van der Waals surface area contributed by atoms with Crippen LogP contribution in [0.5, 0.6) is 0 Å². The number of carbonyl (C=O) groups excluding carboxylic acids is 2. The molecule has 0 spiro atoms. The van der Waals surface area contributed by atoms with Crippen LogP contribution in [-0.4, -0.2) is 60.4 Å². The van der Waals surface area contributed by atoms with Crippen LogP contribution >= 0.6 is 0 Å². The molecule has 2 aromatic carbocycles. The van der Waals surface area contributed by atoms with E-state index in [4.69, 9.17) is 0 Å². The second-order valence-corrected chi connectivity index (χ2v) is 7.66. The normalized spacial score (nSPS) is 19.6. The highest BCUT2D eigenvalue weighted by Gasteiger charge is 2.31. The van der Waals surface area contributed by atoms with E-state index in [0.29, 0.717) is 11.1 Å². The molecule has 1 saturated heterocycles. The highest BCUT2D eigenvalue weighted by atomic mass is 16.2. The number of hydrogen-bond acceptors (Lipinski definition) is 3. The molecule has 0 N–H and O–H groups in total. The summed E-state index contributed by atoms with van der Waals surface area (Å²) < 4.78 is 0. The highest BCUT2D eigenvalue weighted by Crippen LogP contribution is 2.33. The SMILES string of the molecule is CCN1CCN(C(=O)c2ccc(C(=O)N3c4ccccc4CC3C)cc2)CC1. The Bertz CT molecular complexity index is 870. The van der Waals surface area contributed by atoms with Crippen molar-refractivity contribution in [3.8, 4) is 0 Å². The Hall–Kier alpha value is -2.66. The van der Waals surface area contributed by atoms with Gasteiger partial charge in [-0.05, 0) is 55.8 Å². The summed E-state index contributed by atoms with van der Waals surface area (Å²) in [7, 11) is 0. The molecule has 0 aromatic heterocycles. The molecular formula is C23H27N3O2. The first kappa shape index (κ1) is 18.7. The zero-order valence-electron chi connectivity index (χ0n) is 16.6. The predicted molar refractivity (Wildman–Crippen MR) is 111 cm³/mol. The molecule has 0 saturated carbocycles. The zero-order valence-corrected chi connectivity index (χ0v) is 16.6. The van der Waals surface area contributed by atoms with Crippen LogP contribution in [0.25, 0.3) is 0 Å². The summed E-state index contributed by atoms with van der Waals surface area (Å²) in [5.74, 6) is 0.0441. The van der Waals surface area contributed by atoms with Crippen molar-refractivity contribution in [2.45, 2.75) is 26.3 Å². The van der Waals surface area contributed by atoms with Gasteiger partial charge in [0.05, 0.1) is 0 Å². The van der Waals surface area contributed by atoms with E-state index in [1.54, 1.807) is 24.3 Å². The van der Waals surface area contributed by atoms with E-state index in [1.807, 2.05) is 28.0 Å². The van der Waals surface area contributed by atoms with Crippen LogP contribution in [0.4, 0.5) is 5.69 Å². The van der Waals surface area contributed by atoms with Gasteiger partial charge in [-0.25, -0.2) is 0 Å². The number of hydrogen-bond donors (Lipinski definition) is 0. The Morgan fingerprint density at radius 1 is 0.893 bits per heavy atom. The van der Waals surface area contributed by atoms with E-state index in [-0.39, 0.29) is 17.9 Å². The number of benzene rings is 2. The molecule has 2 aliphatic rings. The Kier molecular flexibility index (Phi) is 5.18. The van der Waals surface area contributed by atoms with E-state index in [0.717, 1.165) is 44.8 Å². The lowest BCUT2D eigenvalue weighted by molar-refractivity contribution is 0.0643. The molecule has 2 aromatic rings. The highest BCUT2D eigenvalue weighted by molar-refractivity contribution is 6.08. The fourth-order valence-electron chi connectivity index (χ4n) is 4.22. The Morgan fingerprint density at radius 2 is 1.50 bits per heavy atom. The van der Waals surface area contributed by atoms with E-state index < -0.39 is 0 Å². The minimum Gasteiger partial charge on any atom is -0.336 e. The van der Waals surface area contributed by atoms with Gasteiger partial charge >= 0.3 is 0 Å². The van der Waals surface area contributed by atoms with E-state index >= 15 is 0 Å². The summed E-state index contributed by atoms with van der Waals surface area (Å²) >= 11 is 0. The van der Waals surface area contributed by atoms with Gasteiger partial charge in [-0.2, -0.15) is 0 Å². The summed E-state index contributed by atoms with van der Waals surface area (Å²) in [5.41, 5.74) is 3.47. The van der Waals surface area contributed by atoms with Gasteiger partial charge in [0.25, 0.3) is 11.8 Å². The van der Waals surface area contributed by atoms with Gasteiger partial charge in [-0.15, -0.1) is 0 Å². The van der Waals surface area contributed by atoms with Crippen molar-refractivity contribution in [3.63, 3.8) is 0 Å². The first-order valence-electron chi connectivity index (χ1n) is 10.1. The predicted octanol–water partition coefficient (Wildman–Crippen LogP) is 3.06. The molecule has 0 bridgehead atoms. The van der Waals surface area contributed by atoms with Crippen LogP contribution in [0.2, 0.25) is 0 Å². The third kappa shape index (κ3) is 3.42. The number of likely N-dealkylation sites (N-methyl/N-ethyl adjacent to an activating group) is 1. The second kappa shape index (κ2) is 7.76. The fourth-order valence-corrected chi connectivity index (χ4v) is 4.22. The summed E-state index contributed by atoms with van der Waals surface area (Å²) in [6.45, 7) is 8.61. The van der Waals surface area contributed by atoms with E-state index in [9.17, 15) is 9.59 Å². The standard InChI is InChI=1S/C23H27N3O2/c1-3-24-12-14-25(15-13-24)22(27)18-8-10-19(11-9-18)23(28)26-17(2)16-20-6-4-5-7-21(20)26/h4-11,17H,3,12-16H2,1-2H3. The van der Waals surface area contributed by atoms with Crippen molar-refractivity contribution >= 4 is 17.5 Å². The number of amides is 2. The molecule has 5 heteroatoms. The van der Waals surface area contributed by atoms with Crippen LogP contribution < -0.4 is 4.90 Å². The summed E-state index contributed by atoms with van der Waals surface area (Å²) in [5, 5.41) is 0. The molecular weight excluding hydrogens is 350 g/mol. The number of nitrogens with zero attached hydrogens (tertiary/aromatic N) is 3. The lowest BCUT2D eigenvalue weighted by atomic mass is 10.1. The molecule has 1 fully saturated rings. The molecule has 2 amide bonds. The number of fused-ring (bicyclic) bond motifs is 1.